The molecule has 0 saturated heterocycles. The molecule has 2 heterocycles. The minimum absolute atomic E-state index is 0.410. The molecule has 0 radical (unpaired) electrons. The first kappa shape index (κ1) is 19.9. The van der Waals surface area contributed by atoms with E-state index in [1.54, 1.807) is 16.8 Å². The molecule has 0 fully saturated rings. The largest absolute Gasteiger partial charge is 0.457 e. The molecule has 1 aromatic carbocycles. The van der Waals surface area contributed by atoms with E-state index in [1.807, 2.05) is 69.3 Å². The van der Waals surface area contributed by atoms with Crippen LogP contribution in [0, 0.1) is 0 Å². The Morgan fingerprint density at radius 3 is 2.57 bits per heavy atom. The number of benzene rings is 1. The van der Waals surface area contributed by atoms with E-state index in [4.69, 9.17) is 4.74 Å². The fraction of sp³-hybridized carbons (Fsp3) is 0.300. The van der Waals surface area contributed by atoms with Gasteiger partial charge in [-0.2, -0.15) is 14.6 Å². The summed E-state index contributed by atoms with van der Waals surface area (Å²) >= 11 is 1.45. The Balaban J connectivity index is 2.01. The molecule has 7 nitrogen and oxygen atoms in total. The molecule has 0 aliphatic heterocycles. The van der Waals surface area contributed by atoms with E-state index < -0.39 is 11.6 Å². The summed E-state index contributed by atoms with van der Waals surface area (Å²) in [4.78, 5) is 23.1. The Morgan fingerprint density at radius 2 is 1.93 bits per heavy atom. The quantitative estimate of drug-likeness (QED) is 0.366. The third-order valence-electron chi connectivity index (χ3n) is 3.79. The van der Waals surface area contributed by atoms with Crippen molar-refractivity contribution in [3.63, 3.8) is 0 Å². The number of carbonyl (C=O) groups is 1. The van der Waals surface area contributed by atoms with Gasteiger partial charge in [0.15, 0.2) is 10.8 Å². The molecule has 0 spiro atoms. The van der Waals surface area contributed by atoms with Gasteiger partial charge < -0.3 is 9.64 Å². The zero-order valence-electron chi connectivity index (χ0n) is 16.6. The molecular formula is C20H23N5O2S. The second kappa shape index (κ2) is 8.02. The molecule has 0 saturated carbocycles. The van der Waals surface area contributed by atoms with E-state index in [0.29, 0.717) is 22.3 Å². The third-order valence-corrected chi connectivity index (χ3v) is 4.34. The minimum Gasteiger partial charge on any atom is -0.457 e. The molecule has 0 aliphatic carbocycles. The average molecular weight is 398 g/mol. The van der Waals surface area contributed by atoms with Gasteiger partial charge in [-0.15, -0.1) is 0 Å². The van der Waals surface area contributed by atoms with Crippen molar-refractivity contribution < 1.29 is 9.53 Å². The van der Waals surface area contributed by atoms with Crippen molar-refractivity contribution in [2.75, 3.05) is 18.2 Å². The number of ether oxygens (including phenoxy) is 1. The number of anilines is 2. The van der Waals surface area contributed by atoms with E-state index in [1.165, 1.54) is 17.8 Å². The van der Waals surface area contributed by atoms with Gasteiger partial charge in [-0.1, -0.05) is 30.0 Å². The lowest BCUT2D eigenvalue weighted by Crippen LogP contribution is -2.22. The lowest BCUT2D eigenvalue weighted by molar-refractivity contribution is -0.148. The second-order valence-electron chi connectivity index (χ2n) is 7.11. The standard InChI is InChI=1S/C20H23N5O2S/c1-20(2,3)27-16(26)12-11-14-13-21-25-17(14)22-18(28-5)23-19(25)24(4)15-9-7-6-8-10-15/h6-13H,1-5H3. The van der Waals surface area contributed by atoms with E-state index in [-0.39, 0.29) is 0 Å². The maximum Gasteiger partial charge on any atom is 0.331 e. The number of rotatable bonds is 5. The van der Waals surface area contributed by atoms with Crippen molar-refractivity contribution in [2.45, 2.75) is 31.5 Å². The summed E-state index contributed by atoms with van der Waals surface area (Å²) in [5.41, 5.74) is 1.78. The predicted molar refractivity (Wildman–Crippen MR) is 112 cm³/mol. The predicted octanol–water partition coefficient (Wildman–Crippen LogP) is 3.97. The smallest absolute Gasteiger partial charge is 0.331 e. The summed E-state index contributed by atoms with van der Waals surface area (Å²) in [5.74, 6) is 0.227. The highest BCUT2D eigenvalue weighted by atomic mass is 32.2. The molecule has 0 aliphatic rings. The van der Waals surface area contributed by atoms with Gasteiger partial charge in [0.25, 0.3) is 0 Å². The summed E-state index contributed by atoms with van der Waals surface area (Å²) in [6.07, 6.45) is 6.64. The van der Waals surface area contributed by atoms with Gasteiger partial charge in [-0.3, -0.25) is 0 Å². The van der Waals surface area contributed by atoms with Gasteiger partial charge in [0.1, 0.15) is 5.60 Å². The molecule has 0 bridgehead atoms. The summed E-state index contributed by atoms with van der Waals surface area (Å²) in [7, 11) is 1.93. The minimum atomic E-state index is -0.539. The Hall–Kier alpha value is -2.87. The average Bonchev–Trinajstić information content (AvgIpc) is 3.07. The van der Waals surface area contributed by atoms with E-state index in [9.17, 15) is 4.79 Å². The van der Waals surface area contributed by atoms with Crippen LogP contribution in [-0.2, 0) is 9.53 Å². The molecule has 2 aromatic heterocycles. The molecule has 8 heteroatoms. The number of esters is 1. The van der Waals surface area contributed by atoms with Gasteiger partial charge in [0, 0.05) is 24.4 Å². The van der Waals surface area contributed by atoms with Crippen molar-refractivity contribution in [3.8, 4) is 0 Å². The van der Waals surface area contributed by atoms with Gasteiger partial charge in [-0.25, -0.2) is 9.78 Å². The number of aromatic nitrogens is 4. The molecule has 0 N–H and O–H groups in total. The van der Waals surface area contributed by atoms with Crippen LogP contribution < -0.4 is 4.90 Å². The van der Waals surface area contributed by atoms with Crippen molar-refractivity contribution in [3.05, 3.63) is 48.2 Å². The second-order valence-corrected chi connectivity index (χ2v) is 7.88. The monoisotopic (exact) mass is 397 g/mol. The summed E-state index contributed by atoms with van der Waals surface area (Å²) in [5, 5.41) is 5.05. The Bertz CT molecular complexity index is 1010. The first-order valence-corrected chi connectivity index (χ1v) is 10.0. The van der Waals surface area contributed by atoms with Gasteiger partial charge in [-0.05, 0) is 45.2 Å². The lowest BCUT2D eigenvalue weighted by Gasteiger charge is -2.19. The molecule has 3 rings (SSSR count). The summed E-state index contributed by atoms with van der Waals surface area (Å²) in [6.45, 7) is 5.49. The lowest BCUT2D eigenvalue weighted by atomic mass is 10.2. The van der Waals surface area contributed by atoms with Crippen LogP contribution in [0.3, 0.4) is 0 Å². The fourth-order valence-electron chi connectivity index (χ4n) is 2.55. The van der Waals surface area contributed by atoms with Crippen molar-refractivity contribution in [2.24, 2.45) is 0 Å². The number of nitrogens with zero attached hydrogens (tertiary/aromatic N) is 5. The highest BCUT2D eigenvalue weighted by molar-refractivity contribution is 7.98. The number of thioether (sulfide) groups is 1. The first-order valence-electron chi connectivity index (χ1n) is 8.78. The molecule has 28 heavy (non-hydrogen) atoms. The fourth-order valence-corrected chi connectivity index (χ4v) is 2.90. The van der Waals surface area contributed by atoms with E-state index >= 15 is 0 Å². The Labute approximate surface area is 168 Å². The third kappa shape index (κ3) is 4.51. The normalized spacial score (nSPS) is 11.9. The number of para-hydroxylation sites is 1. The number of carbonyl (C=O) groups excluding carboxylic acids is 1. The summed E-state index contributed by atoms with van der Waals surface area (Å²) in [6, 6.07) is 9.91. The zero-order chi connectivity index (χ0) is 20.3. The van der Waals surface area contributed by atoms with E-state index in [0.717, 1.165) is 5.69 Å². The highest BCUT2D eigenvalue weighted by Crippen LogP contribution is 2.25. The van der Waals surface area contributed by atoms with Crippen LogP contribution in [-0.4, -0.2) is 44.5 Å². The van der Waals surface area contributed by atoms with Crippen LogP contribution in [0.5, 0.6) is 0 Å². The highest BCUT2D eigenvalue weighted by Gasteiger charge is 2.17. The molecular weight excluding hydrogens is 374 g/mol. The molecule has 0 amide bonds. The van der Waals surface area contributed by atoms with Crippen molar-refractivity contribution in [1.82, 2.24) is 19.6 Å². The number of hydrogen-bond acceptors (Lipinski definition) is 7. The van der Waals surface area contributed by atoms with Crippen molar-refractivity contribution >= 4 is 41.1 Å². The van der Waals surface area contributed by atoms with Crippen molar-refractivity contribution in [1.29, 1.82) is 0 Å². The summed E-state index contributed by atoms with van der Waals surface area (Å²) < 4.78 is 6.98. The van der Waals surface area contributed by atoms with Crippen LogP contribution >= 0.6 is 11.8 Å². The maximum absolute atomic E-state index is 12.0. The van der Waals surface area contributed by atoms with Gasteiger partial charge >= 0.3 is 5.97 Å². The van der Waals surface area contributed by atoms with Gasteiger partial charge in [0.05, 0.1) is 6.20 Å². The Morgan fingerprint density at radius 1 is 1.21 bits per heavy atom. The van der Waals surface area contributed by atoms with Gasteiger partial charge in [0.2, 0.25) is 5.95 Å². The number of fused-ring (bicyclic) bond motifs is 1. The van der Waals surface area contributed by atoms with Crippen LogP contribution in [0.1, 0.15) is 26.3 Å². The van der Waals surface area contributed by atoms with Crippen LogP contribution in [0.15, 0.2) is 47.8 Å². The molecule has 0 atom stereocenters. The first-order chi connectivity index (χ1) is 13.3. The van der Waals surface area contributed by atoms with Crippen LogP contribution in [0.4, 0.5) is 11.6 Å². The van der Waals surface area contributed by atoms with Crippen LogP contribution in [0.2, 0.25) is 0 Å². The topological polar surface area (TPSA) is 72.6 Å². The number of hydrogen-bond donors (Lipinski definition) is 0. The molecule has 0 unspecified atom stereocenters. The molecule has 146 valence electrons. The maximum atomic E-state index is 12.0. The SMILES string of the molecule is CSc1nc(N(C)c2ccccc2)n2ncc(C=CC(=O)OC(C)(C)C)c2n1. The van der Waals surface area contributed by atoms with E-state index in [2.05, 4.69) is 15.1 Å². The Kier molecular flexibility index (Phi) is 5.69. The molecule has 3 aromatic rings. The van der Waals surface area contributed by atoms with Crippen LogP contribution in [0.25, 0.3) is 11.7 Å². The zero-order valence-corrected chi connectivity index (χ0v) is 17.4.